The molecular formula is C14H27N3O2. The second kappa shape index (κ2) is 8.15. The summed E-state index contributed by atoms with van der Waals surface area (Å²) in [7, 11) is 1.98. The van der Waals surface area contributed by atoms with Crippen LogP contribution >= 0.6 is 0 Å². The quantitative estimate of drug-likeness (QED) is 0.766. The lowest BCUT2D eigenvalue weighted by molar-refractivity contribution is -0.125. The molecule has 3 amide bonds. The van der Waals surface area contributed by atoms with Crippen molar-refractivity contribution in [3.63, 3.8) is 0 Å². The Labute approximate surface area is 116 Å². The zero-order valence-corrected chi connectivity index (χ0v) is 12.4. The van der Waals surface area contributed by atoms with E-state index >= 15 is 0 Å². The molecule has 1 aliphatic rings. The highest BCUT2D eigenvalue weighted by molar-refractivity contribution is 5.96. The van der Waals surface area contributed by atoms with Crippen molar-refractivity contribution in [3.05, 3.63) is 0 Å². The molecular weight excluding hydrogens is 242 g/mol. The fraction of sp³-hybridized carbons (Fsp3) is 0.857. The van der Waals surface area contributed by atoms with E-state index in [0.29, 0.717) is 12.6 Å². The van der Waals surface area contributed by atoms with Gasteiger partial charge in [-0.05, 0) is 33.7 Å². The van der Waals surface area contributed by atoms with Crippen molar-refractivity contribution in [2.75, 3.05) is 13.6 Å². The summed E-state index contributed by atoms with van der Waals surface area (Å²) in [6, 6.07) is -0.225. The molecule has 110 valence electrons. The number of amides is 3. The maximum atomic E-state index is 12.0. The zero-order valence-electron chi connectivity index (χ0n) is 12.4. The number of carbonyl (C=O) groups excluding carboxylic acids is 2. The van der Waals surface area contributed by atoms with Gasteiger partial charge in [-0.1, -0.05) is 25.7 Å². The van der Waals surface area contributed by atoms with Gasteiger partial charge in [0.05, 0.1) is 6.04 Å². The SMILES string of the molecule is CCNC(=O)NC(=O)C(C)N(C)C1CCCCCC1. The lowest BCUT2D eigenvalue weighted by atomic mass is 10.1. The van der Waals surface area contributed by atoms with E-state index in [1.807, 2.05) is 20.9 Å². The molecule has 1 fully saturated rings. The Hall–Kier alpha value is -1.10. The highest BCUT2D eigenvalue weighted by atomic mass is 16.2. The summed E-state index contributed by atoms with van der Waals surface area (Å²) in [5.41, 5.74) is 0. The molecule has 0 radical (unpaired) electrons. The van der Waals surface area contributed by atoms with Gasteiger partial charge in [0, 0.05) is 12.6 Å². The largest absolute Gasteiger partial charge is 0.338 e. The van der Waals surface area contributed by atoms with E-state index in [1.165, 1.54) is 25.7 Å². The summed E-state index contributed by atoms with van der Waals surface area (Å²) in [5, 5.41) is 4.96. The van der Waals surface area contributed by atoms with Crippen LogP contribution in [0.15, 0.2) is 0 Å². The second-order valence-corrected chi connectivity index (χ2v) is 5.34. The van der Waals surface area contributed by atoms with Crippen LogP contribution in [0.25, 0.3) is 0 Å². The highest BCUT2D eigenvalue weighted by Crippen LogP contribution is 2.22. The maximum Gasteiger partial charge on any atom is 0.321 e. The summed E-state index contributed by atoms with van der Waals surface area (Å²) >= 11 is 0. The number of imide groups is 1. The van der Waals surface area contributed by atoms with Crippen LogP contribution in [0.1, 0.15) is 52.4 Å². The number of likely N-dealkylation sites (N-methyl/N-ethyl adjacent to an activating group) is 1. The molecule has 0 aromatic heterocycles. The summed E-state index contributed by atoms with van der Waals surface area (Å²) < 4.78 is 0. The number of nitrogens with zero attached hydrogens (tertiary/aromatic N) is 1. The molecule has 1 saturated carbocycles. The molecule has 0 heterocycles. The van der Waals surface area contributed by atoms with Crippen molar-refractivity contribution in [2.45, 2.75) is 64.5 Å². The van der Waals surface area contributed by atoms with Gasteiger partial charge in [-0.3, -0.25) is 15.0 Å². The van der Waals surface area contributed by atoms with E-state index in [2.05, 4.69) is 15.5 Å². The van der Waals surface area contributed by atoms with E-state index in [0.717, 1.165) is 12.8 Å². The number of hydrogen-bond donors (Lipinski definition) is 2. The van der Waals surface area contributed by atoms with Crippen LogP contribution in [-0.2, 0) is 4.79 Å². The molecule has 1 aliphatic carbocycles. The highest BCUT2D eigenvalue weighted by Gasteiger charge is 2.26. The van der Waals surface area contributed by atoms with Crippen LogP contribution in [0, 0.1) is 0 Å². The van der Waals surface area contributed by atoms with Crippen molar-refractivity contribution in [1.29, 1.82) is 0 Å². The number of urea groups is 1. The number of hydrogen-bond acceptors (Lipinski definition) is 3. The predicted molar refractivity (Wildman–Crippen MR) is 75.9 cm³/mol. The van der Waals surface area contributed by atoms with E-state index in [9.17, 15) is 9.59 Å². The Morgan fingerprint density at radius 1 is 1.21 bits per heavy atom. The Morgan fingerprint density at radius 3 is 2.32 bits per heavy atom. The molecule has 0 saturated heterocycles. The third kappa shape index (κ3) is 5.19. The monoisotopic (exact) mass is 269 g/mol. The summed E-state index contributed by atoms with van der Waals surface area (Å²) in [6.07, 6.45) is 7.36. The summed E-state index contributed by atoms with van der Waals surface area (Å²) in [6.45, 7) is 4.20. The van der Waals surface area contributed by atoms with Gasteiger partial charge in [0.25, 0.3) is 0 Å². The third-order valence-corrected chi connectivity index (χ3v) is 3.97. The first kappa shape index (κ1) is 16.0. The molecule has 5 heteroatoms. The molecule has 0 bridgehead atoms. The normalized spacial score (nSPS) is 18.7. The third-order valence-electron chi connectivity index (χ3n) is 3.97. The van der Waals surface area contributed by atoms with Crippen molar-refractivity contribution in [3.8, 4) is 0 Å². The van der Waals surface area contributed by atoms with E-state index in [1.54, 1.807) is 0 Å². The van der Waals surface area contributed by atoms with Gasteiger partial charge >= 0.3 is 6.03 Å². The zero-order chi connectivity index (χ0) is 14.3. The van der Waals surface area contributed by atoms with Crippen molar-refractivity contribution >= 4 is 11.9 Å². The second-order valence-electron chi connectivity index (χ2n) is 5.34. The molecule has 0 spiro atoms. The minimum Gasteiger partial charge on any atom is -0.338 e. The molecule has 0 aromatic carbocycles. The minimum atomic E-state index is -0.409. The van der Waals surface area contributed by atoms with Gasteiger partial charge < -0.3 is 5.32 Å². The first-order valence-electron chi connectivity index (χ1n) is 7.37. The van der Waals surface area contributed by atoms with Gasteiger partial charge in [-0.15, -0.1) is 0 Å². The summed E-state index contributed by atoms with van der Waals surface area (Å²) in [4.78, 5) is 25.4. The van der Waals surface area contributed by atoms with Gasteiger partial charge in [0.2, 0.25) is 5.91 Å². The fourth-order valence-electron chi connectivity index (χ4n) is 2.59. The molecule has 2 N–H and O–H groups in total. The minimum absolute atomic E-state index is 0.224. The van der Waals surface area contributed by atoms with Gasteiger partial charge in [0.1, 0.15) is 0 Å². The van der Waals surface area contributed by atoms with Crippen LogP contribution in [0.2, 0.25) is 0 Å². The maximum absolute atomic E-state index is 12.0. The molecule has 1 unspecified atom stereocenters. The Balaban J connectivity index is 2.47. The van der Waals surface area contributed by atoms with Crippen LogP contribution in [0.5, 0.6) is 0 Å². The molecule has 19 heavy (non-hydrogen) atoms. The van der Waals surface area contributed by atoms with E-state index in [4.69, 9.17) is 0 Å². The fourth-order valence-corrected chi connectivity index (χ4v) is 2.59. The van der Waals surface area contributed by atoms with Crippen LogP contribution in [-0.4, -0.2) is 42.5 Å². The first-order chi connectivity index (χ1) is 9.06. The number of carbonyl (C=O) groups is 2. The molecule has 0 aliphatic heterocycles. The Morgan fingerprint density at radius 2 is 1.79 bits per heavy atom. The number of rotatable bonds is 4. The smallest absolute Gasteiger partial charge is 0.321 e. The summed E-state index contributed by atoms with van der Waals surface area (Å²) in [5.74, 6) is -0.224. The lowest BCUT2D eigenvalue weighted by Gasteiger charge is -2.31. The Kier molecular flexibility index (Phi) is 6.84. The van der Waals surface area contributed by atoms with E-state index in [-0.39, 0.29) is 11.9 Å². The van der Waals surface area contributed by atoms with Gasteiger partial charge in [-0.25, -0.2) is 4.79 Å². The Bertz CT molecular complexity index is 299. The lowest BCUT2D eigenvalue weighted by Crippen LogP contribution is -2.51. The van der Waals surface area contributed by atoms with Crippen molar-refractivity contribution in [2.24, 2.45) is 0 Å². The van der Waals surface area contributed by atoms with Crippen molar-refractivity contribution in [1.82, 2.24) is 15.5 Å². The average molecular weight is 269 g/mol. The van der Waals surface area contributed by atoms with Crippen LogP contribution in [0.4, 0.5) is 4.79 Å². The topological polar surface area (TPSA) is 61.4 Å². The van der Waals surface area contributed by atoms with Gasteiger partial charge in [-0.2, -0.15) is 0 Å². The predicted octanol–water partition coefficient (Wildman–Crippen LogP) is 1.88. The molecule has 1 rings (SSSR count). The van der Waals surface area contributed by atoms with Crippen LogP contribution in [0.3, 0.4) is 0 Å². The van der Waals surface area contributed by atoms with E-state index < -0.39 is 6.03 Å². The van der Waals surface area contributed by atoms with Gasteiger partial charge in [0.15, 0.2) is 0 Å². The number of nitrogens with one attached hydrogen (secondary N) is 2. The molecule has 5 nitrogen and oxygen atoms in total. The first-order valence-corrected chi connectivity index (χ1v) is 7.37. The van der Waals surface area contributed by atoms with Crippen LogP contribution < -0.4 is 10.6 Å². The standard InChI is InChI=1S/C14H27N3O2/c1-4-15-14(19)16-13(18)11(2)17(3)12-9-7-5-6-8-10-12/h11-12H,4-10H2,1-3H3,(H2,15,16,18,19). The molecule has 1 atom stereocenters. The average Bonchev–Trinajstić information content (AvgIpc) is 2.66. The molecule has 0 aromatic rings. The van der Waals surface area contributed by atoms with Crippen molar-refractivity contribution < 1.29 is 9.59 Å².